The second-order valence-electron chi connectivity index (χ2n) is 3.58. The summed E-state index contributed by atoms with van der Waals surface area (Å²) in [6, 6.07) is 7.95. The van der Waals surface area contributed by atoms with Crippen LogP contribution in [0, 0.1) is 3.57 Å². The lowest BCUT2D eigenvalue weighted by atomic mass is 9.93. The third kappa shape index (κ3) is 2.31. The molecule has 1 N–H and O–H groups in total. The summed E-state index contributed by atoms with van der Waals surface area (Å²) in [6.07, 6.45) is 0.113. The molecule has 0 radical (unpaired) electrons. The molecule has 1 heterocycles. The van der Waals surface area contributed by atoms with Crippen LogP contribution in [-0.4, -0.2) is 23.8 Å². The SMILES string of the molecule is O=C(O)[C@@H]1OCC[C@@H]1c1ccc(I)cc1. The average molecular weight is 318 g/mol. The van der Waals surface area contributed by atoms with E-state index >= 15 is 0 Å². The Morgan fingerprint density at radius 3 is 2.67 bits per heavy atom. The van der Waals surface area contributed by atoms with Crippen molar-refractivity contribution in [1.82, 2.24) is 0 Å². The Labute approximate surface area is 102 Å². The summed E-state index contributed by atoms with van der Waals surface area (Å²) in [5, 5.41) is 8.97. The maximum absolute atomic E-state index is 10.9. The van der Waals surface area contributed by atoms with E-state index in [1.807, 2.05) is 24.3 Å². The highest BCUT2D eigenvalue weighted by molar-refractivity contribution is 14.1. The highest BCUT2D eigenvalue weighted by Crippen LogP contribution is 2.31. The van der Waals surface area contributed by atoms with E-state index in [0.29, 0.717) is 6.61 Å². The molecule has 1 aromatic rings. The van der Waals surface area contributed by atoms with Crippen molar-refractivity contribution in [3.05, 3.63) is 33.4 Å². The van der Waals surface area contributed by atoms with Gasteiger partial charge in [0, 0.05) is 16.1 Å². The molecule has 0 unspecified atom stereocenters. The number of benzene rings is 1. The zero-order valence-electron chi connectivity index (χ0n) is 8.02. The van der Waals surface area contributed by atoms with Crippen molar-refractivity contribution < 1.29 is 14.6 Å². The van der Waals surface area contributed by atoms with Crippen LogP contribution in [0.3, 0.4) is 0 Å². The van der Waals surface area contributed by atoms with E-state index in [1.165, 1.54) is 0 Å². The Morgan fingerprint density at radius 1 is 1.40 bits per heavy atom. The van der Waals surface area contributed by atoms with Crippen LogP contribution in [0.2, 0.25) is 0 Å². The number of hydrogen-bond donors (Lipinski definition) is 1. The van der Waals surface area contributed by atoms with Gasteiger partial charge in [-0.1, -0.05) is 12.1 Å². The van der Waals surface area contributed by atoms with Gasteiger partial charge >= 0.3 is 5.97 Å². The number of halogens is 1. The van der Waals surface area contributed by atoms with Gasteiger partial charge in [0.05, 0.1) is 0 Å². The molecule has 0 aliphatic carbocycles. The number of carboxylic acids is 1. The predicted molar refractivity (Wildman–Crippen MR) is 63.9 cm³/mol. The van der Waals surface area contributed by atoms with Gasteiger partial charge in [-0.15, -0.1) is 0 Å². The normalized spacial score (nSPS) is 25.4. The first-order valence-corrected chi connectivity index (χ1v) is 5.86. The van der Waals surface area contributed by atoms with Gasteiger partial charge in [-0.25, -0.2) is 4.79 Å². The van der Waals surface area contributed by atoms with Crippen LogP contribution in [0.25, 0.3) is 0 Å². The van der Waals surface area contributed by atoms with Crippen LogP contribution >= 0.6 is 22.6 Å². The van der Waals surface area contributed by atoms with Crippen LogP contribution in [0.5, 0.6) is 0 Å². The second kappa shape index (κ2) is 4.49. The third-order valence-corrected chi connectivity index (χ3v) is 3.35. The Morgan fingerprint density at radius 2 is 2.07 bits per heavy atom. The van der Waals surface area contributed by atoms with E-state index in [4.69, 9.17) is 9.84 Å². The molecule has 2 atom stereocenters. The summed E-state index contributed by atoms with van der Waals surface area (Å²) < 4.78 is 6.36. The minimum Gasteiger partial charge on any atom is -0.479 e. The molecular formula is C11H11IO3. The Balaban J connectivity index is 2.22. The first-order valence-electron chi connectivity index (χ1n) is 4.78. The Hall–Kier alpha value is -0.620. The fourth-order valence-corrected chi connectivity index (χ4v) is 2.24. The number of ether oxygens (including phenoxy) is 1. The van der Waals surface area contributed by atoms with Gasteiger partial charge in [0.25, 0.3) is 0 Å². The number of rotatable bonds is 2. The highest BCUT2D eigenvalue weighted by atomic mass is 127. The fourth-order valence-electron chi connectivity index (χ4n) is 1.88. The molecule has 0 aromatic heterocycles. The molecule has 1 aliphatic heterocycles. The van der Waals surface area contributed by atoms with Gasteiger partial charge < -0.3 is 9.84 Å². The molecule has 80 valence electrons. The second-order valence-corrected chi connectivity index (χ2v) is 4.82. The van der Waals surface area contributed by atoms with Crippen LogP contribution in [0.4, 0.5) is 0 Å². The standard InChI is InChI=1S/C11H11IO3/c12-8-3-1-7(2-4-8)9-5-6-15-10(9)11(13)14/h1-4,9-10H,5-6H2,(H,13,14)/t9-,10-/m1/s1. The molecule has 1 saturated heterocycles. The summed E-state index contributed by atoms with van der Waals surface area (Å²) in [7, 11) is 0. The van der Waals surface area contributed by atoms with E-state index in [2.05, 4.69) is 22.6 Å². The van der Waals surface area contributed by atoms with Crippen LogP contribution in [-0.2, 0) is 9.53 Å². The van der Waals surface area contributed by atoms with E-state index in [9.17, 15) is 4.79 Å². The lowest BCUT2D eigenvalue weighted by molar-refractivity contribution is -0.148. The smallest absolute Gasteiger partial charge is 0.333 e. The molecule has 2 rings (SSSR count). The van der Waals surface area contributed by atoms with E-state index in [0.717, 1.165) is 15.6 Å². The predicted octanol–water partition coefficient (Wildman–Crippen LogP) is 2.25. The molecule has 0 saturated carbocycles. The Kier molecular flexibility index (Phi) is 3.25. The summed E-state index contributed by atoms with van der Waals surface area (Å²) in [6.45, 7) is 0.535. The molecule has 0 bridgehead atoms. The summed E-state index contributed by atoms with van der Waals surface area (Å²) in [5.41, 5.74) is 1.06. The Bertz CT molecular complexity index is 361. The quantitative estimate of drug-likeness (QED) is 0.851. The van der Waals surface area contributed by atoms with Gasteiger partial charge in [0.1, 0.15) is 0 Å². The molecule has 15 heavy (non-hydrogen) atoms. The lowest BCUT2D eigenvalue weighted by Crippen LogP contribution is -2.24. The van der Waals surface area contributed by atoms with Crippen molar-refractivity contribution in [3.8, 4) is 0 Å². The molecule has 1 aliphatic rings. The fraction of sp³-hybridized carbons (Fsp3) is 0.364. The summed E-state index contributed by atoms with van der Waals surface area (Å²) in [4.78, 5) is 10.9. The van der Waals surface area contributed by atoms with E-state index < -0.39 is 12.1 Å². The van der Waals surface area contributed by atoms with Crippen molar-refractivity contribution in [2.75, 3.05) is 6.61 Å². The van der Waals surface area contributed by atoms with Crippen molar-refractivity contribution in [3.63, 3.8) is 0 Å². The first kappa shape index (κ1) is 10.9. The van der Waals surface area contributed by atoms with Gasteiger partial charge in [-0.2, -0.15) is 0 Å². The number of hydrogen-bond acceptors (Lipinski definition) is 2. The maximum Gasteiger partial charge on any atom is 0.333 e. The molecule has 3 nitrogen and oxygen atoms in total. The number of carboxylic acid groups (broad SMARTS) is 1. The molecule has 4 heteroatoms. The van der Waals surface area contributed by atoms with Crippen LogP contribution < -0.4 is 0 Å². The summed E-state index contributed by atoms with van der Waals surface area (Å²) >= 11 is 2.23. The van der Waals surface area contributed by atoms with Crippen molar-refractivity contribution in [1.29, 1.82) is 0 Å². The molecular weight excluding hydrogens is 307 g/mol. The average Bonchev–Trinajstić information content (AvgIpc) is 2.67. The van der Waals surface area contributed by atoms with Crippen LogP contribution in [0.15, 0.2) is 24.3 Å². The maximum atomic E-state index is 10.9. The van der Waals surface area contributed by atoms with Gasteiger partial charge in [-0.3, -0.25) is 0 Å². The summed E-state index contributed by atoms with van der Waals surface area (Å²) in [5.74, 6) is -0.865. The monoisotopic (exact) mass is 318 g/mol. The zero-order chi connectivity index (χ0) is 10.8. The van der Waals surface area contributed by atoms with Gasteiger partial charge in [0.15, 0.2) is 6.10 Å². The van der Waals surface area contributed by atoms with Crippen molar-refractivity contribution in [2.45, 2.75) is 18.4 Å². The minimum absolute atomic E-state index is 0.000463. The molecule has 1 aromatic carbocycles. The van der Waals surface area contributed by atoms with E-state index in [1.54, 1.807) is 0 Å². The van der Waals surface area contributed by atoms with Crippen LogP contribution in [0.1, 0.15) is 17.9 Å². The topological polar surface area (TPSA) is 46.5 Å². The van der Waals surface area contributed by atoms with E-state index in [-0.39, 0.29) is 5.92 Å². The van der Waals surface area contributed by atoms with Crippen molar-refractivity contribution >= 4 is 28.6 Å². The molecule has 0 spiro atoms. The highest BCUT2D eigenvalue weighted by Gasteiger charge is 2.34. The number of carbonyl (C=O) groups is 1. The third-order valence-electron chi connectivity index (χ3n) is 2.63. The number of aliphatic carboxylic acids is 1. The van der Waals surface area contributed by atoms with Gasteiger partial charge in [0.2, 0.25) is 0 Å². The minimum atomic E-state index is -0.865. The molecule has 0 amide bonds. The first-order chi connectivity index (χ1) is 7.18. The lowest BCUT2D eigenvalue weighted by Gasteiger charge is -2.14. The molecule has 1 fully saturated rings. The largest absolute Gasteiger partial charge is 0.479 e. The van der Waals surface area contributed by atoms with Crippen molar-refractivity contribution in [2.24, 2.45) is 0 Å². The zero-order valence-corrected chi connectivity index (χ0v) is 10.2. The van der Waals surface area contributed by atoms with Gasteiger partial charge in [-0.05, 0) is 46.7 Å².